The van der Waals surface area contributed by atoms with E-state index in [1.165, 1.54) is 12.5 Å². The molecule has 0 aliphatic carbocycles. The Kier molecular flexibility index (Phi) is 7.92. The Morgan fingerprint density at radius 2 is 1.83 bits per heavy atom. The van der Waals surface area contributed by atoms with Crippen molar-refractivity contribution >= 4 is 11.8 Å². The molecule has 134 valence electrons. The summed E-state index contributed by atoms with van der Waals surface area (Å²) >= 11 is 0. The van der Waals surface area contributed by atoms with Crippen molar-refractivity contribution in [3.05, 3.63) is 35.4 Å². The lowest BCUT2D eigenvalue weighted by Gasteiger charge is -2.28. The minimum absolute atomic E-state index is 0.00590. The Hall–Kier alpha value is -1.88. The van der Waals surface area contributed by atoms with Crippen molar-refractivity contribution in [3.63, 3.8) is 0 Å². The van der Waals surface area contributed by atoms with Crippen LogP contribution in [0.4, 0.5) is 0 Å². The van der Waals surface area contributed by atoms with Crippen LogP contribution in [0.3, 0.4) is 0 Å². The zero-order chi connectivity index (χ0) is 18.3. The van der Waals surface area contributed by atoms with Gasteiger partial charge in [-0.1, -0.05) is 43.7 Å². The van der Waals surface area contributed by atoms with Crippen LogP contribution in [0, 0.1) is 12.8 Å². The quantitative estimate of drug-likeness (QED) is 0.766. The van der Waals surface area contributed by atoms with E-state index in [-0.39, 0.29) is 29.9 Å². The molecule has 1 aromatic rings. The highest BCUT2D eigenvalue weighted by Crippen LogP contribution is 2.12. The van der Waals surface area contributed by atoms with Crippen LogP contribution in [0.1, 0.15) is 38.8 Å². The standard InChI is InChI=1S/C19H30N2O3/c1-12(2)18(20-15(5)22)19(23)21-17(14(4)24-6)11-16-9-7-8-13(3)10-16/h7-10,12,14,17-18H,11H2,1-6H3,(H,20,22)(H,21,23)/t14?,17?,18-/m1/s1. The van der Waals surface area contributed by atoms with Gasteiger partial charge in [-0.2, -0.15) is 0 Å². The van der Waals surface area contributed by atoms with Crippen LogP contribution in [-0.2, 0) is 20.7 Å². The molecule has 3 atom stereocenters. The fraction of sp³-hybridized carbons (Fsp3) is 0.579. The molecule has 5 nitrogen and oxygen atoms in total. The number of carbonyl (C=O) groups excluding carboxylic acids is 2. The fourth-order valence-corrected chi connectivity index (χ4v) is 2.62. The average Bonchev–Trinajstić information content (AvgIpc) is 2.50. The number of hydrogen-bond donors (Lipinski definition) is 2. The number of methoxy groups -OCH3 is 1. The van der Waals surface area contributed by atoms with E-state index >= 15 is 0 Å². The predicted octanol–water partition coefficient (Wildman–Crippen LogP) is 2.22. The van der Waals surface area contributed by atoms with E-state index in [0.29, 0.717) is 6.42 Å². The first kappa shape index (κ1) is 20.2. The summed E-state index contributed by atoms with van der Waals surface area (Å²) in [6.07, 6.45) is 0.535. The normalized spacial score (nSPS) is 14.8. The highest BCUT2D eigenvalue weighted by molar-refractivity contribution is 5.87. The van der Waals surface area contributed by atoms with Crippen molar-refractivity contribution in [2.45, 2.75) is 59.2 Å². The molecule has 0 spiro atoms. The molecule has 5 heteroatoms. The molecule has 0 aliphatic rings. The second kappa shape index (κ2) is 9.42. The maximum atomic E-state index is 12.6. The highest BCUT2D eigenvalue weighted by atomic mass is 16.5. The molecule has 0 radical (unpaired) electrons. The molecule has 1 rings (SSSR count). The first-order valence-electron chi connectivity index (χ1n) is 8.40. The molecule has 0 saturated heterocycles. The van der Waals surface area contributed by atoms with Crippen LogP contribution in [0.2, 0.25) is 0 Å². The Labute approximate surface area is 145 Å². The van der Waals surface area contributed by atoms with E-state index in [4.69, 9.17) is 4.74 Å². The lowest BCUT2D eigenvalue weighted by molar-refractivity contribution is -0.130. The zero-order valence-corrected chi connectivity index (χ0v) is 15.6. The van der Waals surface area contributed by atoms with Gasteiger partial charge < -0.3 is 15.4 Å². The number of aryl methyl sites for hydroxylation is 1. The predicted molar refractivity (Wildman–Crippen MR) is 95.7 cm³/mol. The number of ether oxygens (including phenoxy) is 1. The first-order valence-corrected chi connectivity index (χ1v) is 8.40. The average molecular weight is 334 g/mol. The van der Waals surface area contributed by atoms with Gasteiger partial charge in [-0.15, -0.1) is 0 Å². The van der Waals surface area contributed by atoms with Crippen molar-refractivity contribution < 1.29 is 14.3 Å². The van der Waals surface area contributed by atoms with Crippen LogP contribution >= 0.6 is 0 Å². The summed E-state index contributed by atoms with van der Waals surface area (Å²) < 4.78 is 5.43. The van der Waals surface area contributed by atoms with E-state index in [0.717, 1.165) is 5.56 Å². The van der Waals surface area contributed by atoms with Crippen LogP contribution in [0.5, 0.6) is 0 Å². The van der Waals surface area contributed by atoms with Gasteiger partial charge in [0.05, 0.1) is 12.1 Å². The minimum Gasteiger partial charge on any atom is -0.380 e. The summed E-state index contributed by atoms with van der Waals surface area (Å²) in [5.74, 6) is -0.382. The van der Waals surface area contributed by atoms with Crippen LogP contribution in [0.25, 0.3) is 0 Å². The second-order valence-electron chi connectivity index (χ2n) is 6.67. The third-order valence-corrected chi connectivity index (χ3v) is 4.11. The van der Waals surface area contributed by atoms with Gasteiger partial charge in [0.1, 0.15) is 6.04 Å². The second-order valence-corrected chi connectivity index (χ2v) is 6.67. The van der Waals surface area contributed by atoms with Crippen LogP contribution in [0.15, 0.2) is 24.3 Å². The largest absolute Gasteiger partial charge is 0.380 e. The van der Waals surface area contributed by atoms with Crippen molar-refractivity contribution in [1.29, 1.82) is 0 Å². The monoisotopic (exact) mass is 334 g/mol. The lowest BCUT2D eigenvalue weighted by atomic mass is 9.98. The molecular weight excluding hydrogens is 304 g/mol. The molecule has 1 aromatic carbocycles. The summed E-state index contributed by atoms with van der Waals surface area (Å²) in [5.41, 5.74) is 2.32. The van der Waals surface area contributed by atoms with Crippen LogP contribution in [-0.4, -0.2) is 37.1 Å². The van der Waals surface area contributed by atoms with Crippen molar-refractivity contribution in [2.75, 3.05) is 7.11 Å². The summed E-state index contributed by atoms with van der Waals surface area (Å²) in [5, 5.41) is 5.77. The lowest BCUT2D eigenvalue weighted by Crippen LogP contribution is -2.54. The van der Waals surface area contributed by atoms with Gasteiger partial charge in [0.2, 0.25) is 11.8 Å². The van der Waals surface area contributed by atoms with Crippen molar-refractivity contribution in [2.24, 2.45) is 5.92 Å². The third kappa shape index (κ3) is 6.32. The van der Waals surface area contributed by atoms with Gasteiger partial charge in [-0.05, 0) is 31.7 Å². The van der Waals surface area contributed by atoms with Crippen molar-refractivity contribution in [3.8, 4) is 0 Å². The highest BCUT2D eigenvalue weighted by Gasteiger charge is 2.27. The van der Waals surface area contributed by atoms with Crippen molar-refractivity contribution in [1.82, 2.24) is 10.6 Å². The van der Waals surface area contributed by atoms with Gasteiger partial charge in [-0.3, -0.25) is 9.59 Å². The SMILES string of the molecule is COC(C)C(Cc1cccc(C)c1)NC(=O)[C@H](NC(C)=O)C(C)C. The Balaban J connectivity index is 2.88. The minimum atomic E-state index is -0.549. The van der Waals surface area contributed by atoms with Gasteiger partial charge in [0, 0.05) is 14.0 Å². The maximum Gasteiger partial charge on any atom is 0.243 e. The maximum absolute atomic E-state index is 12.6. The van der Waals surface area contributed by atoms with Gasteiger partial charge in [0.25, 0.3) is 0 Å². The summed E-state index contributed by atoms with van der Waals surface area (Å²) in [6, 6.07) is 7.49. The smallest absolute Gasteiger partial charge is 0.243 e. The van der Waals surface area contributed by atoms with Gasteiger partial charge in [0.15, 0.2) is 0 Å². The number of hydrogen-bond acceptors (Lipinski definition) is 3. The molecule has 0 heterocycles. The Morgan fingerprint density at radius 3 is 2.33 bits per heavy atom. The van der Waals surface area contributed by atoms with Crippen LogP contribution < -0.4 is 10.6 Å². The van der Waals surface area contributed by atoms with E-state index in [1.54, 1.807) is 7.11 Å². The molecule has 2 N–H and O–H groups in total. The third-order valence-electron chi connectivity index (χ3n) is 4.11. The fourth-order valence-electron chi connectivity index (χ4n) is 2.62. The Morgan fingerprint density at radius 1 is 1.17 bits per heavy atom. The van der Waals surface area contributed by atoms with E-state index in [1.807, 2.05) is 45.9 Å². The van der Waals surface area contributed by atoms with E-state index in [2.05, 4.69) is 16.7 Å². The molecule has 0 bridgehead atoms. The molecule has 0 saturated carbocycles. The molecule has 0 aromatic heterocycles. The summed E-state index contributed by atoms with van der Waals surface area (Å²) in [6.45, 7) is 9.22. The number of rotatable bonds is 8. The molecule has 24 heavy (non-hydrogen) atoms. The summed E-state index contributed by atoms with van der Waals surface area (Å²) in [4.78, 5) is 24.0. The van der Waals surface area contributed by atoms with E-state index < -0.39 is 6.04 Å². The molecule has 0 aliphatic heterocycles. The van der Waals surface area contributed by atoms with Gasteiger partial charge >= 0.3 is 0 Å². The number of benzene rings is 1. The molecule has 2 amide bonds. The zero-order valence-electron chi connectivity index (χ0n) is 15.6. The topological polar surface area (TPSA) is 67.4 Å². The first-order chi connectivity index (χ1) is 11.2. The summed E-state index contributed by atoms with van der Waals surface area (Å²) in [7, 11) is 1.63. The molecule has 0 fully saturated rings. The molecular formula is C19H30N2O3. The number of nitrogens with one attached hydrogen (secondary N) is 2. The number of amides is 2. The molecule has 2 unspecified atom stereocenters. The van der Waals surface area contributed by atoms with Gasteiger partial charge in [-0.25, -0.2) is 0 Å². The van der Waals surface area contributed by atoms with E-state index in [9.17, 15) is 9.59 Å². The Bertz CT molecular complexity index is 557. The number of carbonyl (C=O) groups is 2.